The number of nitrogens with one attached hydrogen (secondary N) is 2. The summed E-state index contributed by atoms with van der Waals surface area (Å²) >= 11 is 4.87. The lowest BCUT2D eigenvalue weighted by molar-refractivity contribution is -0.105. The first-order chi connectivity index (χ1) is 5.79. The first-order valence-electron chi connectivity index (χ1n) is 3.12. The Morgan fingerprint density at radius 2 is 2.58 bits per heavy atom. The molecule has 7 heteroatoms. The van der Waals surface area contributed by atoms with Gasteiger partial charge in [-0.3, -0.25) is 10.1 Å². The van der Waals surface area contributed by atoms with Gasteiger partial charge >= 0.3 is 0 Å². The van der Waals surface area contributed by atoms with Crippen LogP contribution in [0.2, 0.25) is 0 Å². The molecule has 12 heavy (non-hydrogen) atoms. The van der Waals surface area contributed by atoms with Crippen molar-refractivity contribution >= 4 is 29.7 Å². The van der Waals surface area contributed by atoms with Crippen molar-refractivity contribution in [2.24, 2.45) is 0 Å². The van der Waals surface area contributed by atoms with E-state index in [4.69, 9.17) is 12.2 Å². The quantitative estimate of drug-likeness (QED) is 0.466. The predicted octanol–water partition coefficient (Wildman–Crippen LogP) is -0.801. The smallest absolute Gasteiger partial charge is 0.234 e. The average molecular weight is 185 g/mol. The van der Waals surface area contributed by atoms with E-state index in [1.54, 1.807) is 7.05 Å². The van der Waals surface area contributed by atoms with E-state index in [0.29, 0.717) is 17.5 Å². The third-order valence-corrected chi connectivity index (χ3v) is 1.52. The van der Waals surface area contributed by atoms with Crippen molar-refractivity contribution in [1.82, 2.24) is 20.1 Å². The molecule has 64 valence electrons. The second-order valence-electron chi connectivity index (χ2n) is 1.81. The molecule has 1 rings (SSSR count). The molecule has 2 N–H and O–H groups in total. The standard InChI is InChI=1S/C5H7N5OS/c1-6-5(12)10-4(8-3-11)7-2-9-10/h2-3H,1H3,(H,6,12)(H,7,8,9,11). The second-order valence-corrected chi connectivity index (χ2v) is 2.20. The maximum atomic E-state index is 10.1. The number of hydrogen-bond acceptors (Lipinski definition) is 4. The molecule has 1 amide bonds. The molecule has 0 saturated heterocycles. The highest BCUT2D eigenvalue weighted by atomic mass is 32.1. The predicted molar refractivity (Wildman–Crippen MR) is 46.8 cm³/mol. The Morgan fingerprint density at radius 3 is 3.17 bits per heavy atom. The lowest BCUT2D eigenvalue weighted by Gasteiger charge is -2.03. The molecular formula is C5H7N5OS. The number of hydrogen-bond donors (Lipinski definition) is 2. The van der Waals surface area contributed by atoms with Gasteiger partial charge < -0.3 is 5.32 Å². The fourth-order valence-corrected chi connectivity index (χ4v) is 0.781. The molecule has 1 aromatic heterocycles. The Bertz CT molecular complexity index is 296. The van der Waals surface area contributed by atoms with Gasteiger partial charge in [-0.05, 0) is 12.2 Å². The summed E-state index contributed by atoms with van der Waals surface area (Å²) in [5.41, 5.74) is 0. The van der Waals surface area contributed by atoms with E-state index in [2.05, 4.69) is 20.7 Å². The van der Waals surface area contributed by atoms with E-state index in [1.807, 2.05) is 0 Å². The minimum Gasteiger partial charge on any atom is -0.364 e. The third-order valence-electron chi connectivity index (χ3n) is 1.14. The summed E-state index contributed by atoms with van der Waals surface area (Å²) in [5, 5.41) is 9.21. The number of thiocarbonyl (C=S) groups is 1. The van der Waals surface area contributed by atoms with Crippen molar-refractivity contribution in [3.63, 3.8) is 0 Å². The van der Waals surface area contributed by atoms with Crippen molar-refractivity contribution in [3.8, 4) is 0 Å². The first-order valence-corrected chi connectivity index (χ1v) is 3.52. The molecule has 0 fully saturated rings. The first kappa shape index (κ1) is 8.60. The largest absolute Gasteiger partial charge is 0.364 e. The Morgan fingerprint density at radius 1 is 1.83 bits per heavy atom. The van der Waals surface area contributed by atoms with Gasteiger partial charge in [-0.1, -0.05) is 0 Å². The zero-order chi connectivity index (χ0) is 8.97. The summed E-state index contributed by atoms with van der Waals surface area (Å²) < 4.78 is 1.31. The van der Waals surface area contributed by atoms with Crippen molar-refractivity contribution in [1.29, 1.82) is 0 Å². The Balaban J connectivity index is 2.90. The van der Waals surface area contributed by atoms with Gasteiger partial charge in [0.2, 0.25) is 12.4 Å². The molecule has 0 aliphatic carbocycles. The molecule has 0 aliphatic rings. The van der Waals surface area contributed by atoms with E-state index in [9.17, 15) is 4.79 Å². The van der Waals surface area contributed by atoms with E-state index in [0.717, 1.165) is 0 Å². The highest BCUT2D eigenvalue weighted by Gasteiger charge is 2.05. The van der Waals surface area contributed by atoms with Crippen LogP contribution in [0.15, 0.2) is 6.33 Å². The molecule has 1 aromatic rings. The highest BCUT2D eigenvalue weighted by molar-refractivity contribution is 7.80. The van der Waals surface area contributed by atoms with Gasteiger partial charge in [-0.25, -0.2) is 0 Å². The zero-order valence-corrected chi connectivity index (χ0v) is 7.13. The Labute approximate surface area is 74.0 Å². The van der Waals surface area contributed by atoms with Crippen LogP contribution in [0.25, 0.3) is 0 Å². The third kappa shape index (κ3) is 1.56. The van der Waals surface area contributed by atoms with Crippen molar-refractivity contribution in [2.75, 3.05) is 12.4 Å². The summed E-state index contributed by atoms with van der Waals surface area (Å²) in [6.45, 7) is 0. The topological polar surface area (TPSA) is 71.8 Å². The fraction of sp³-hybridized carbons (Fsp3) is 0.200. The molecule has 0 aliphatic heterocycles. The van der Waals surface area contributed by atoms with E-state index >= 15 is 0 Å². The monoisotopic (exact) mass is 185 g/mol. The van der Waals surface area contributed by atoms with Gasteiger partial charge in [0.15, 0.2) is 5.11 Å². The van der Waals surface area contributed by atoms with Gasteiger partial charge in [-0.2, -0.15) is 14.8 Å². The van der Waals surface area contributed by atoms with E-state index in [-0.39, 0.29) is 0 Å². The number of aromatic nitrogens is 3. The molecule has 0 radical (unpaired) electrons. The summed E-state index contributed by atoms with van der Waals surface area (Å²) in [6.07, 6.45) is 1.81. The van der Waals surface area contributed by atoms with Crippen LogP contribution in [-0.2, 0) is 4.79 Å². The highest BCUT2D eigenvalue weighted by Crippen LogP contribution is 1.97. The fourth-order valence-electron chi connectivity index (χ4n) is 0.647. The van der Waals surface area contributed by atoms with Crippen LogP contribution in [0.3, 0.4) is 0 Å². The molecule has 0 saturated carbocycles. The van der Waals surface area contributed by atoms with Crippen LogP contribution >= 0.6 is 12.2 Å². The summed E-state index contributed by atoms with van der Waals surface area (Å²) in [4.78, 5) is 13.8. The molecule has 0 aromatic carbocycles. The van der Waals surface area contributed by atoms with Gasteiger partial charge in [-0.15, -0.1) is 0 Å². The average Bonchev–Trinajstić information content (AvgIpc) is 2.52. The summed E-state index contributed by atoms with van der Waals surface area (Å²) in [6, 6.07) is 0. The van der Waals surface area contributed by atoms with Crippen LogP contribution in [0.5, 0.6) is 0 Å². The van der Waals surface area contributed by atoms with Crippen LogP contribution in [-0.4, -0.2) is 33.3 Å². The normalized spacial score (nSPS) is 9.08. The van der Waals surface area contributed by atoms with Gasteiger partial charge in [0.05, 0.1) is 0 Å². The molecule has 1 heterocycles. The molecule has 0 atom stereocenters. The van der Waals surface area contributed by atoms with Crippen LogP contribution in [0.1, 0.15) is 0 Å². The van der Waals surface area contributed by atoms with Gasteiger partial charge in [0, 0.05) is 7.05 Å². The molecule has 6 nitrogen and oxygen atoms in total. The number of carbonyl (C=O) groups is 1. The lowest BCUT2D eigenvalue weighted by Crippen LogP contribution is -2.26. The molecule has 0 spiro atoms. The van der Waals surface area contributed by atoms with Gasteiger partial charge in [0.25, 0.3) is 0 Å². The van der Waals surface area contributed by atoms with E-state index < -0.39 is 0 Å². The molecular weight excluding hydrogens is 178 g/mol. The van der Waals surface area contributed by atoms with Crippen LogP contribution < -0.4 is 10.6 Å². The number of amides is 1. The lowest BCUT2D eigenvalue weighted by atomic mass is 10.9. The van der Waals surface area contributed by atoms with Crippen LogP contribution in [0, 0.1) is 0 Å². The number of carbonyl (C=O) groups excluding carboxylic acids is 1. The molecule has 0 bridgehead atoms. The number of anilines is 1. The van der Waals surface area contributed by atoms with Crippen LogP contribution in [0.4, 0.5) is 5.95 Å². The Hall–Kier alpha value is -1.50. The second kappa shape index (κ2) is 3.77. The maximum Gasteiger partial charge on any atom is 0.234 e. The van der Waals surface area contributed by atoms with Crippen molar-refractivity contribution < 1.29 is 4.79 Å². The maximum absolute atomic E-state index is 10.1. The summed E-state index contributed by atoms with van der Waals surface area (Å²) in [5.74, 6) is 0.296. The van der Waals surface area contributed by atoms with Crippen molar-refractivity contribution in [3.05, 3.63) is 6.33 Å². The summed E-state index contributed by atoms with van der Waals surface area (Å²) in [7, 11) is 1.66. The van der Waals surface area contributed by atoms with Gasteiger partial charge in [0.1, 0.15) is 6.33 Å². The minimum absolute atomic E-state index is 0.296. The number of rotatable bonds is 2. The van der Waals surface area contributed by atoms with E-state index in [1.165, 1.54) is 11.0 Å². The minimum atomic E-state index is 0.296. The zero-order valence-electron chi connectivity index (χ0n) is 6.31. The SMILES string of the molecule is CNC(=S)n1ncnc1NC=O. The molecule has 0 unspecified atom stereocenters. The van der Waals surface area contributed by atoms with Crippen molar-refractivity contribution in [2.45, 2.75) is 0 Å². The number of nitrogens with zero attached hydrogens (tertiary/aromatic N) is 3. The Kier molecular flexibility index (Phi) is 2.70.